The quantitative estimate of drug-likeness (QED) is 0.708. The van der Waals surface area contributed by atoms with E-state index in [1.54, 1.807) is 0 Å². The Balaban J connectivity index is 2.18. The Morgan fingerprint density at radius 2 is 1.50 bits per heavy atom. The third kappa shape index (κ3) is 1.81. The fourth-order valence-corrected chi connectivity index (χ4v) is 5.51. The first-order chi connectivity index (χ1) is 7.23. The molecular weight excluding hydrogens is 224 g/mol. The standard InChI is InChI=1S/C12H20O3S/c1-12(2,3)11(13)8-6-9-4-5-10(7-8)16(9,14)15/h8-10H,4-7H2,1-3H3. The molecular formula is C12H20O3S. The smallest absolute Gasteiger partial charge is 0.156 e. The lowest BCUT2D eigenvalue weighted by Gasteiger charge is -2.31. The van der Waals surface area contributed by atoms with Gasteiger partial charge in [-0.15, -0.1) is 0 Å². The van der Waals surface area contributed by atoms with E-state index in [2.05, 4.69) is 0 Å². The molecule has 0 aliphatic carbocycles. The van der Waals surface area contributed by atoms with Crippen molar-refractivity contribution in [2.75, 3.05) is 0 Å². The van der Waals surface area contributed by atoms with Gasteiger partial charge in [-0.05, 0) is 25.7 Å². The van der Waals surface area contributed by atoms with Crippen LogP contribution in [0.1, 0.15) is 46.5 Å². The summed E-state index contributed by atoms with van der Waals surface area (Å²) in [5.41, 5.74) is -0.342. The Kier molecular flexibility index (Phi) is 2.69. The maximum atomic E-state index is 12.2. The number of ketones is 1. The minimum Gasteiger partial charge on any atom is -0.299 e. The van der Waals surface area contributed by atoms with Crippen molar-refractivity contribution >= 4 is 15.6 Å². The minimum atomic E-state index is -2.89. The largest absolute Gasteiger partial charge is 0.299 e. The van der Waals surface area contributed by atoms with Crippen LogP contribution in [-0.2, 0) is 14.6 Å². The summed E-state index contributed by atoms with van der Waals surface area (Å²) in [5, 5.41) is -0.468. The molecule has 0 aromatic rings. The normalized spacial score (nSPS) is 37.3. The van der Waals surface area contributed by atoms with Gasteiger partial charge in [0, 0.05) is 11.3 Å². The second-order valence-electron chi connectivity index (χ2n) is 6.19. The van der Waals surface area contributed by atoms with Gasteiger partial charge >= 0.3 is 0 Å². The van der Waals surface area contributed by atoms with Gasteiger partial charge in [-0.1, -0.05) is 20.8 Å². The third-order valence-corrected chi connectivity index (χ3v) is 6.66. The van der Waals surface area contributed by atoms with Gasteiger partial charge in [0.2, 0.25) is 0 Å². The van der Waals surface area contributed by atoms with Crippen LogP contribution < -0.4 is 0 Å². The second-order valence-corrected chi connectivity index (χ2v) is 8.70. The first-order valence-electron chi connectivity index (χ1n) is 6.00. The van der Waals surface area contributed by atoms with Crippen LogP contribution in [0, 0.1) is 11.3 Å². The van der Waals surface area contributed by atoms with Crippen LogP contribution in [0.4, 0.5) is 0 Å². The Hall–Kier alpha value is -0.380. The molecule has 16 heavy (non-hydrogen) atoms. The van der Waals surface area contributed by atoms with Crippen molar-refractivity contribution in [3.05, 3.63) is 0 Å². The third-order valence-electron chi connectivity index (χ3n) is 3.94. The predicted molar refractivity (Wildman–Crippen MR) is 62.9 cm³/mol. The van der Waals surface area contributed by atoms with Crippen LogP contribution in [0.2, 0.25) is 0 Å². The van der Waals surface area contributed by atoms with E-state index in [0.29, 0.717) is 12.8 Å². The number of rotatable bonds is 1. The van der Waals surface area contributed by atoms with Crippen molar-refractivity contribution in [3.8, 4) is 0 Å². The summed E-state index contributed by atoms with van der Waals surface area (Å²) >= 11 is 0. The Morgan fingerprint density at radius 3 is 1.88 bits per heavy atom. The van der Waals surface area contributed by atoms with E-state index in [1.165, 1.54) is 0 Å². The molecule has 0 aromatic heterocycles. The molecule has 0 radical (unpaired) electrons. The lowest BCUT2D eigenvalue weighted by Crippen LogP contribution is -2.39. The van der Waals surface area contributed by atoms with Crippen LogP contribution in [-0.4, -0.2) is 24.7 Å². The summed E-state index contributed by atoms with van der Waals surface area (Å²) in [4.78, 5) is 12.2. The number of carbonyl (C=O) groups excluding carboxylic acids is 1. The molecule has 2 aliphatic heterocycles. The van der Waals surface area contributed by atoms with Gasteiger partial charge in [-0.25, -0.2) is 8.42 Å². The molecule has 4 heteroatoms. The first-order valence-corrected chi connectivity index (χ1v) is 7.61. The molecule has 2 aliphatic rings. The number of Topliss-reactive ketones (excluding diaryl/α,β-unsaturated/α-hetero) is 1. The minimum absolute atomic E-state index is 0.0268. The molecule has 2 bridgehead atoms. The van der Waals surface area contributed by atoms with Crippen LogP contribution in [0.25, 0.3) is 0 Å². The van der Waals surface area contributed by atoms with Crippen LogP contribution in [0.5, 0.6) is 0 Å². The number of sulfone groups is 1. The molecule has 0 N–H and O–H groups in total. The fraction of sp³-hybridized carbons (Fsp3) is 0.917. The molecule has 3 nitrogen and oxygen atoms in total. The summed E-state index contributed by atoms with van der Waals surface area (Å²) in [5.74, 6) is 0.209. The molecule has 2 unspecified atom stereocenters. The van der Waals surface area contributed by atoms with E-state index in [-0.39, 0.29) is 27.6 Å². The van der Waals surface area contributed by atoms with Crippen molar-refractivity contribution in [2.24, 2.45) is 11.3 Å². The number of hydrogen-bond donors (Lipinski definition) is 0. The molecule has 2 fully saturated rings. The number of hydrogen-bond acceptors (Lipinski definition) is 3. The van der Waals surface area contributed by atoms with E-state index in [0.717, 1.165) is 12.8 Å². The molecule has 2 saturated heterocycles. The van der Waals surface area contributed by atoms with Crippen molar-refractivity contribution < 1.29 is 13.2 Å². The average molecular weight is 244 g/mol. The Labute approximate surface area is 97.5 Å². The zero-order valence-corrected chi connectivity index (χ0v) is 11.0. The highest BCUT2D eigenvalue weighted by atomic mass is 32.2. The van der Waals surface area contributed by atoms with Crippen molar-refractivity contribution in [1.82, 2.24) is 0 Å². The SMILES string of the molecule is CC(C)(C)C(=O)C1CC2CCC(C1)S2(=O)=O. The van der Waals surface area contributed by atoms with Gasteiger partial charge in [0.25, 0.3) is 0 Å². The van der Waals surface area contributed by atoms with Gasteiger partial charge in [0.05, 0.1) is 10.5 Å². The van der Waals surface area contributed by atoms with E-state index in [1.807, 2.05) is 20.8 Å². The number of carbonyl (C=O) groups is 1. The molecule has 0 saturated carbocycles. The molecule has 2 atom stereocenters. The molecule has 92 valence electrons. The highest BCUT2D eigenvalue weighted by Gasteiger charge is 2.49. The average Bonchev–Trinajstić information content (AvgIpc) is 2.40. The fourth-order valence-electron chi connectivity index (χ4n) is 3.03. The van der Waals surface area contributed by atoms with E-state index < -0.39 is 9.84 Å². The zero-order chi connectivity index (χ0) is 12.1. The monoisotopic (exact) mass is 244 g/mol. The lowest BCUT2D eigenvalue weighted by molar-refractivity contribution is -0.130. The van der Waals surface area contributed by atoms with Crippen molar-refractivity contribution in [3.63, 3.8) is 0 Å². The summed E-state index contributed by atoms with van der Waals surface area (Å²) in [6, 6.07) is 0. The Morgan fingerprint density at radius 1 is 1.06 bits per heavy atom. The summed E-state index contributed by atoms with van der Waals surface area (Å²) in [7, 11) is -2.89. The molecule has 0 spiro atoms. The Bertz CT molecular complexity index is 382. The van der Waals surface area contributed by atoms with Gasteiger partial charge < -0.3 is 0 Å². The summed E-state index contributed by atoms with van der Waals surface area (Å²) < 4.78 is 23.8. The summed E-state index contributed by atoms with van der Waals surface area (Å²) in [6.07, 6.45) is 2.66. The van der Waals surface area contributed by atoms with E-state index in [9.17, 15) is 13.2 Å². The van der Waals surface area contributed by atoms with Gasteiger partial charge in [-0.3, -0.25) is 4.79 Å². The van der Waals surface area contributed by atoms with Crippen molar-refractivity contribution in [2.45, 2.75) is 57.0 Å². The van der Waals surface area contributed by atoms with Gasteiger partial charge in [-0.2, -0.15) is 0 Å². The highest BCUT2D eigenvalue weighted by molar-refractivity contribution is 7.93. The van der Waals surface area contributed by atoms with E-state index in [4.69, 9.17) is 0 Å². The molecule has 0 aromatic carbocycles. The van der Waals surface area contributed by atoms with Gasteiger partial charge in [0.15, 0.2) is 9.84 Å². The van der Waals surface area contributed by atoms with E-state index >= 15 is 0 Å². The lowest BCUT2D eigenvalue weighted by atomic mass is 9.79. The number of fused-ring (bicyclic) bond motifs is 2. The maximum absolute atomic E-state index is 12.2. The summed E-state index contributed by atoms with van der Waals surface area (Å²) in [6.45, 7) is 5.75. The second kappa shape index (κ2) is 3.56. The predicted octanol–water partition coefficient (Wildman–Crippen LogP) is 1.96. The van der Waals surface area contributed by atoms with Gasteiger partial charge in [0.1, 0.15) is 5.78 Å². The maximum Gasteiger partial charge on any atom is 0.156 e. The van der Waals surface area contributed by atoms with Crippen LogP contribution in [0.15, 0.2) is 0 Å². The topological polar surface area (TPSA) is 51.2 Å². The highest BCUT2D eigenvalue weighted by Crippen LogP contribution is 2.43. The zero-order valence-electron chi connectivity index (χ0n) is 10.2. The van der Waals surface area contributed by atoms with Crippen LogP contribution >= 0.6 is 0 Å². The molecule has 2 heterocycles. The first kappa shape index (κ1) is 12.1. The molecule has 0 amide bonds. The molecule has 2 rings (SSSR count). The van der Waals surface area contributed by atoms with Crippen molar-refractivity contribution in [1.29, 1.82) is 0 Å². The van der Waals surface area contributed by atoms with Crippen LogP contribution in [0.3, 0.4) is 0 Å².